The highest BCUT2D eigenvalue weighted by atomic mass is 35.5. The van der Waals surface area contributed by atoms with Crippen LogP contribution in [0.4, 0.5) is 0 Å². The monoisotopic (exact) mass is 282 g/mol. The van der Waals surface area contributed by atoms with E-state index >= 15 is 0 Å². The van der Waals surface area contributed by atoms with E-state index in [2.05, 4.69) is 4.74 Å². The van der Waals surface area contributed by atoms with Crippen molar-refractivity contribution in [3.8, 4) is 0 Å². The molecule has 0 aliphatic heterocycles. The van der Waals surface area contributed by atoms with Crippen LogP contribution < -0.4 is 0 Å². The van der Waals surface area contributed by atoms with Crippen molar-refractivity contribution in [1.29, 1.82) is 0 Å². The van der Waals surface area contributed by atoms with Crippen LogP contribution in [0, 0.1) is 0 Å². The second-order valence-corrected chi connectivity index (χ2v) is 6.05. The molecule has 102 valence electrons. The summed E-state index contributed by atoms with van der Waals surface area (Å²) >= 11 is 12.1. The average molecular weight is 283 g/mol. The van der Waals surface area contributed by atoms with E-state index in [4.69, 9.17) is 23.2 Å². The molecule has 0 rings (SSSR count). The Morgan fingerprint density at radius 3 is 2.12 bits per heavy atom. The molecule has 0 spiro atoms. The van der Waals surface area contributed by atoms with E-state index in [1.807, 2.05) is 6.92 Å². The molecule has 4 heteroatoms. The molecule has 0 aromatic carbocycles. The Kier molecular flexibility index (Phi) is 10.0. The van der Waals surface area contributed by atoms with Gasteiger partial charge in [0.05, 0.1) is 7.11 Å². The van der Waals surface area contributed by atoms with E-state index < -0.39 is 4.33 Å². The Morgan fingerprint density at radius 2 is 1.59 bits per heavy atom. The van der Waals surface area contributed by atoms with Gasteiger partial charge in [-0.15, -0.1) is 23.2 Å². The highest BCUT2D eigenvalue weighted by Crippen LogP contribution is 2.31. The zero-order valence-corrected chi connectivity index (χ0v) is 12.4. The molecule has 0 unspecified atom stereocenters. The molecule has 17 heavy (non-hydrogen) atoms. The molecule has 0 heterocycles. The topological polar surface area (TPSA) is 26.3 Å². The van der Waals surface area contributed by atoms with Gasteiger partial charge < -0.3 is 4.74 Å². The maximum absolute atomic E-state index is 10.8. The van der Waals surface area contributed by atoms with Crippen LogP contribution in [-0.4, -0.2) is 17.4 Å². The maximum Gasteiger partial charge on any atom is 0.305 e. The van der Waals surface area contributed by atoms with Gasteiger partial charge in [-0.25, -0.2) is 0 Å². The second-order valence-electron chi connectivity index (χ2n) is 4.41. The van der Waals surface area contributed by atoms with Crippen molar-refractivity contribution in [2.75, 3.05) is 7.11 Å². The van der Waals surface area contributed by atoms with Gasteiger partial charge >= 0.3 is 5.97 Å². The van der Waals surface area contributed by atoms with Gasteiger partial charge in [0.2, 0.25) is 0 Å². The summed E-state index contributed by atoms with van der Waals surface area (Å²) < 4.78 is 4.04. The summed E-state index contributed by atoms with van der Waals surface area (Å²) in [5, 5.41) is 0. The number of hydrogen-bond donors (Lipinski definition) is 0. The molecule has 0 aliphatic rings. The fourth-order valence-corrected chi connectivity index (χ4v) is 1.91. The first-order valence-corrected chi connectivity index (χ1v) is 7.22. The number of ether oxygens (including phenoxy) is 1. The standard InChI is InChI=1S/C13H24Cl2O2/c1-3-13(14,15)11-9-7-5-4-6-8-10-12(16)17-2/h3-11H2,1-2H3. The van der Waals surface area contributed by atoms with Gasteiger partial charge in [-0.3, -0.25) is 4.79 Å². The Morgan fingerprint density at radius 1 is 1.06 bits per heavy atom. The van der Waals surface area contributed by atoms with Crippen molar-refractivity contribution >= 4 is 29.2 Å². The zero-order valence-electron chi connectivity index (χ0n) is 10.9. The third kappa shape index (κ3) is 10.9. The van der Waals surface area contributed by atoms with Gasteiger partial charge in [0.15, 0.2) is 0 Å². The van der Waals surface area contributed by atoms with Crippen molar-refractivity contribution < 1.29 is 9.53 Å². The van der Waals surface area contributed by atoms with Crippen LogP contribution >= 0.6 is 23.2 Å². The van der Waals surface area contributed by atoms with E-state index in [1.165, 1.54) is 26.4 Å². The van der Waals surface area contributed by atoms with Gasteiger partial charge in [-0.05, 0) is 19.3 Å². The lowest BCUT2D eigenvalue weighted by molar-refractivity contribution is -0.140. The third-order valence-electron chi connectivity index (χ3n) is 2.92. The van der Waals surface area contributed by atoms with Crippen LogP contribution in [0.1, 0.15) is 64.7 Å². The minimum Gasteiger partial charge on any atom is -0.469 e. The third-order valence-corrected chi connectivity index (χ3v) is 3.83. The molecule has 0 saturated heterocycles. The number of carbonyl (C=O) groups is 1. The molecule has 2 nitrogen and oxygen atoms in total. The SMILES string of the molecule is CCC(Cl)(Cl)CCCCCCCCC(=O)OC. The van der Waals surface area contributed by atoms with Crippen molar-refractivity contribution in [2.24, 2.45) is 0 Å². The average Bonchev–Trinajstić information content (AvgIpc) is 2.32. The van der Waals surface area contributed by atoms with Gasteiger partial charge in [0, 0.05) is 6.42 Å². The summed E-state index contributed by atoms with van der Waals surface area (Å²) in [5.41, 5.74) is 0. The largest absolute Gasteiger partial charge is 0.469 e. The lowest BCUT2D eigenvalue weighted by Crippen LogP contribution is -2.10. The number of methoxy groups -OCH3 is 1. The maximum atomic E-state index is 10.8. The molecule has 0 saturated carbocycles. The summed E-state index contributed by atoms with van der Waals surface area (Å²) in [7, 11) is 1.43. The summed E-state index contributed by atoms with van der Waals surface area (Å²) in [4.78, 5) is 10.8. The smallest absolute Gasteiger partial charge is 0.305 e. The van der Waals surface area contributed by atoms with Gasteiger partial charge in [0.25, 0.3) is 0 Å². The van der Waals surface area contributed by atoms with Crippen LogP contribution in [0.3, 0.4) is 0 Å². The molecule has 0 radical (unpaired) electrons. The van der Waals surface area contributed by atoms with Crippen molar-refractivity contribution in [2.45, 2.75) is 69.0 Å². The number of hydrogen-bond acceptors (Lipinski definition) is 2. The summed E-state index contributed by atoms with van der Waals surface area (Å²) in [6.45, 7) is 2.01. The predicted octanol–water partition coefficient (Wildman–Crippen LogP) is 4.86. The van der Waals surface area contributed by atoms with E-state index in [1.54, 1.807) is 0 Å². The van der Waals surface area contributed by atoms with Crippen molar-refractivity contribution in [3.05, 3.63) is 0 Å². The first-order valence-electron chi connectivity index (χ1n) is 6.46. The Bertz CT molecular complexity index is 206. The van der Waals surface area contributed by atoms with Gasteiger partial charge in [-0.2, -0.15) is 0 Å². The molecule has 0 atom stereocenters. The molecule has 0 N–H and O–H groups in total. The number of carbonyl (C=O) groups excluding carboxylic acids is 1. The first kappa shape index (κ1) is 17.1. The fourth-order valence-electron chi connectivity index (χ4n) is 1.64. The summed E-state index contributed by atoms with van der Waals surface area (Å²) in [5.74, 6) is -0.109. The summed E-state index contributed by atoms with van der Waals surface area (Å²) in [6, 6.07) is 0. The Hall–Kier alpha value is 0.0500. The predicted molar refractivity (Wildman–Crippen MR) is 73.7 cm³/mol. The number of rotatable bonds is 10. The summed E-state index contributed by atoms with van der Waals surface area (Å²) in [6.07, 6.45) is 8.84. The van der Waals surface area contributed by atoms with Crippen LogP contribution in [0.25, 0.3) is 0 Å². The van der Waals surface area contributed by atoms with Crippen LogP contribution in [0.5, 0.6) is 0 Å². The Balaban J connectivity index is 3.22. The van der Waals surface area contributed by atoms with Crippen LogP contribution in [0.15, 0.2) is 0 Å². The Labute approximate surface area is 115 Å². The van der Waals surface area contributed by atoms with Crippen LogP contribution in [-0.2, 0) is 9.53 Å². The highest BCUT2D eigenvalue weighted by molar-refractivity contribution is 6.48. The molecule has 0 amide bonds. The molecule has 0 bridgehead atoms. The number of unbranched alkanes of at least 4 members (excludes halogenated alkanes) is 5. The van der Waals surface area contributed by atoms with Crippen LogP contribution in [0.2, 0.25) is 0 Å². The lowest BCUT2D eigenvalue weighted by atomic mass is 10.1. The fraction of sp³-hybridized carbons (Fsp3) is 0.923. The van der Waals surface area contributed by atoms with Gasteiger partial charge in [0.1, 0.15) is 4.33 Å². The normalized spacial score (nSPS) is 11.5. The van der Waals surface area contributed by atoms with Gasteiger partial charge in [-0.1, -0.05) is 39.0 Å². The van der Waals surface area contributed by atoms with Crippen molar-refractivity contribution in [1.82, 2.24) is 0 Å². The van der Waals surface area contributed by atoms with E-state index in [0.717, 1.165) is 32.1 Å². The lowest BCUT2D eigenvalue weighted by Gasteiger charge is -2.16. The molecule has 0 aromatic heterocycles. The molecule has 0 aliphatic carbocycles. The number of esters is 1. The van der Waals surface area contributed by atoms with E-state index in [-0.39, 0.29) is 5.97 Å². The molecular weight excluding hydrogens is 259 g/mol. The molecular formula is C13H24Cl2O2. The minimum absolute atomic E-state index is 0.109. The second kappa shape index (κ2) is 10.0. The van der Waals surface area contributed by atoms with E-state index in [0.29, 0.717) is 6.42 Å². The molecule has 0 fully saturated rings. The zero-order chi connectivity index (χ0) is 13.1. The van der Waals surface area contributed by atoms with E-state index in [9.17, 15) is 4.79 Å². The first-order chi connectivity index (χ1) is 8.02. The minimum atomic E-state index is -0.537. The quantitative estimate of drug-likeness (QED) is 0.325. The number of halogens is 2. The molecule has 0 aromatic rings. The highest BCUT2D eigenvalue weighted by Gasteiger charge is 2.19. The number of alkyl halides is 2. The van der Waals surface area contributed by atoms with Crippen molar-refractivity contribution in [3.63, 3.8) is 0 Å².